The summed E-state index contributed by atoms with van der Waals surface area (Å²) in [7, 11) is 1.66. The number of nitrogen functional groups attached to an aromatic ring is 1. The molecule has 0 radical (unpaired) electrons. The number of anilines is 1. The maximum Gasteiger partial charge on any atom is 0.162 e. The second kappa shape index (κ2) is 5.65. The first-order valence-electron chi connectivity index (χ1n) is 6.61. The molecule has 1 fully saturated rings. The standard InChI is InChI=1S/C15H16IN3O/c1-20-8-12-13(16)14(17)19-15(18-12)11-5-3-2-4-10(11)9-6-7-9/h2-5,9H,6-8H2,1H3,(H2,17,18,19). The van der Waals surface area contributed by atoms with Crippen LogP contribution in [0.15, 0.2) is 24.3 Å². The highest BCUT2D eigenvalue weighted by molar-refractivity contribution is 14.1. The third kappa shape index (κ3) is 2.64. The van der Waals surface area contributed by atoms with Crippen LogP contribution in [0.25, 0.3) is 11.4 Å². The van der Waals surface area contributed by atoms with E-state index in [1.165, 1.54) is 18.4 Å². The number of hydrogen-bond donors (Lipinski definition) is 1. The molecule has 1 aliphatic carbocycles. The highest BCUT2D eigenvalue weighted by Gasteiger charge is 2.27. The SMILES string of the molecule is COCc1nc(-c2ccccc2C2CC2)nc(N)c1I. The molecule has 1 heterocycles. The van der Waals surface area contributed by atoms with Crippen molar-refractivity contribution >= 4 is 28.4 Å². The molecule has 104 valence electrons. The summed E-state index contributed by atoms with van der Waals surface area (Å²) in [5.41, 5.74) is 9.29. The summed E-state index contributed by atoms with van der Waals surface area (Å²) < 4.78 is 6.07. The Labute approximate surface area is 131 Å². The average Bonchev–Trinajstić information content (AvgIpc) is 3.28. The van der Waals surface area contributed by atoms with Crippen molar-refractivity contribution in [2.45, 2.75) is 25.4 Å². The van der Waals surface area contributed by atoms with Crippen LogP contribution < -0.4 is 5.73 Å². The summed E-state index contributed by atoms with van der Waals surface area (Å²) in [6.07, 6.45) is 2.50. The third-order valence-electron chi connectivity index (χ3n) is 3.45. The summed E-state index contributed by atoms with van der Waals surface area (Å²) in [6, 6.07) is 8.34. The van der Waals surface area contributed by atoms with Crippen molar-refractivity contribution in [1.29, 1.82) is 0 Å². The van der Waals surface area contributed by atoms with Crippen LogP contribution in [-0.4, -0.2) is 17.1 Å². The van der Waals surface area contributed by atoms with Gasteiger partial charge >= 0.3 is 0 Å². The fraction of sp³-hybridized carbons (Fsp3) is 0.333. The fourth-order valence-corrected chi connectivity index (χ4v) is 2.71. The van der Waals surface area contributed by atoms with Crippen molar-refractivity contribution in [3.8, 4) is 11.4 Å². The number of rotatable bonds is 4. The Morgan fingerprint density at radius 1 is 1.30 bits per heavy atom. The van der Waals surface area contributed by atoms with E-state index in [9.17, 15) is 0 Å². The topological polar surface area (TPSA) is 61.0 Å². The minimum absolute atomic E-state index is 0.448. The molecule has 0 bridgehead atoms. The number of hydrogen-bond acceptors (Lipinski definition) is 4. The summed E-state index contributed by atoms with van der Waals surface area (Å²) in [6.45, 7) is 0.448. The molecule has 0 spiro atoms. The van der Waals surface area contributed by atoms with Crippen molar-refractivity contribution in [2.75, 3.05) is 12.8 Å². The average molecular weight is 381 g/mol. The highest BCUT2D eigenvalue weighted by atomic mass is 127. The highest BCUT2D eigenvalue weighted by Crippen LogP contribution is 2.43. The van der Waals surface area contributed by atoms with E-state index >= 15 is 0 Å². The zero-order valence-corrected chi connectivity index (χ0v) is 13.4. The lowest BCUT2D eigenvalue weighted by Gasteiger charge is -2.11. The Bertz CT molecular complexity index is 641. The molecule has 0 aliphatic heterocycles. The Morgan fingerprint density at radius 3 is 2.75 bits per heavy atom. The van der Waals surface area contributed by atoms with Crippen LogP contribution in [0, 0.1) is 3.57 Å². The summed E-state index contributed by atoms with van der Waals surface area (Å²) in [5, 5.41) is 0. The maximum atomic E-state index is 6.02. The molecular formula is C15H16IN3O. The van der Waals surface area contributed by atoms with Gasteiger partial charge in [-0.3, -0.25) is 0 Å². The van der Waals surface area contributed by atoms with Crippen molar-refractivity contribution in [1.82, 2.24) is 9.97 Å². The Morgan fingerprint density at radius 2 is 2.05 bits per heavy atom. The molecule has 0 amide bonds. The number of nitrogens with zero attached hydrogens (tertiary/aromatic N) is 2. The van der Waals surface area contributed by atoms with Gasteiger partial charge in [0, 0.05) is 12.7 Å². The molecular weight excluding hydrogens is 365 g/mol. The molecule has 1 aliphatic rings. The quantitative estimate of drug-likeness (QED) is 0.826. The van der Waals surface area contributed by atoms with Gasteiger partial charge < -0.3 is 10.5 Å². The lowest BCUT2D eigenvalue weighted by atomic mass is 10.0. The molecule has 2 aromatic rings. The molecule has 4 nitrogen and oxygen atoms in total. The normalized spacial score (nSPS) is 14.5. The van der Waals surface area contributed by atoms with E-state index in [0.29, 0.717) is 24.2 Å². The van der Waals surface area contributed by atoms with Crippen LogP contribution in [0.4, 0.5) is 5.82 Å². The van der Waals surface area contributed by atoms with Crippen molar-refractivity contribution in [3.63, 3.8) is 0 Å². The van der Waals surface area contributed by atoms with Gasteiger partial charge in [0.1, 0.15) is 5.82 Å². The van der Waals surface area contributed by atoms with Gasteiger partial charge in [0.15, 0.2) is 5.82 Å². The molecule has 1 aromatic carbocycles. The number of aromatic nitrogens is 2. The van der Waals surface area contributed by atoms with Gasteiger partial charge in [0.25, 0.3) is 0 Å². The summed E-state index contributed by atoms with van der Waals surface area (Å²) in [4.78, 5) is 9.10. The third-order valence-corrected chi connectivity index (χ3v) is 4.62. The van der Waals surface area contributed by atoms with E-state index in [4.69, 9.17) is 10.5 Å². The molecule has 5 heteroatoms. The first-order chi connectivity index (χ1) is 9.70. The van der Waals surface area contributed by atoms with E-state index < -0.39 is 0 Å². The number of methoxy groups -OCH3 is 1. The number of ether oxygens (including phenoxy) is 1. The van der Waals surface area contributed by atoms with Gasteiger partial charge in [-0.1, -0.05) is 24.3 Å². The molecule has 0 saturated heterocycles. The zero-order valence-electron chi connectivity index (χ0n) is 11.3. The summed E-state index contributed by atoms with van der Waals surface area (Å²) in [5.74, 6) is 1.88. The van der Waals surface area contributed by atoms with E-state index in [2.05, 4.69) is 50.8 Å². The first-order valence-corrected chi connectivity index (χ1v) is 7.68. The Balaban J connectivity index is 2.10. The lowest BCUT2D eigenvalue weighted by Crippen LogP contribution is -2.06. The smallest absolute Gasteiger partial charge is 0.162 e. The van der Waals surface area contributed by atoms with Crippen LogP contribution in [0.2, 0.25) is 0 Å². The first kappa shape index (κ1) is 13.8. The van der Waals surface area contributed by atoms with Gasteiger partial charge in [0.2, 0.25) is 0 Å². The molecule has 2 N–H and O–H groups in total. The molecule has 0 atom stereocenters. The lowest BCUT2D eigenvalue weighted by molar-refractivity contribution is 0.181. The molecule has 0 unspecified atom stereocenters. The van der Waals surface area contributed by atoms with Gasteiger partial charge in [-0.25, -0.2) is 9.97 Å². The predicted octanol–water partition coefficient (Wildman–Crippen LogP) is 3.35. The van der Waals surface area contributed by atoms with E-state index in [0.717, 1.165) is 14.8 Å². The second-order valence-electron chi connectivity index (χ2n) is 4.99. The van der Waals surface area contributed by atoms with Gasteiger partial charge in [0.05, 0.1) is 15.9 Å². The number of nitrogens with two attached hydrogens (primary N) is 1. The number of halogens is 1. The largest absolute Gasteiger partial charge is 0.383 e. The second-order valence-corrected chi connectivity index (χ2v) is 6.07. The van der Waals surface area contributed by atoms with Crippen LogP contribution >= 0.6 is 22.6 Å². The van der Waals surface area contributed by atoms with E-state index in [-0.39, 0.29) is 0 Å². The van der Waals surface area contributed by atoms with Crippen LogP contribution in [0.3, 0.4) is 0 Å². The number of benzene rings is 1. The van der Waals surface area contributed by atoms with Crippen molar-refractivity contribution in [2.24, 2.45) is 0 Å². The van der Waals surface area contributed by atoms with Gasteiger partial charge in [-0.15, -0.1) is 0 Å². The minimum atomic E-state index is 0.448. The zero-order chi connectivity index (χ0) is 14.1. The molecule has 1 saturated carbocycles. The maximum absolute atomic E-state index is 6.02. The summed E-state index contributed by atoms with van der Waals surface area (Å²) >= 11 is 2.17. The predicted molar refractivity (Wildman–Crippen MR) is 87.3 cm³/mol. The van der Waals surface area contributed by atoms with Gasteiger partial charge in [-0.2, -0.15) is 0 Å². The Kier molecular flexibility index (Phi) is 3.89. The van der Waals surface area contributed by atoms with Crippen LogP contribution in [-0.2, 0) is 11.3 Å². The fourth-order valence-electron chi connectivity index (χ4n) is 2.32. The van der Waals surface area contributed by atoms with E-state index in [1.807, 2.05) is 6.07 Å². The van der Waals surface area contributed by atoms with Crippen LogP contribution in [0.1, 0.15) is 30.0 Å². The molecule has 20 heavy (non-hydrogen) atoms. The Hall–Kier alpha value is -1.21. The van der Waals surface area contributed by atoms with Crippen molar-refractivity contribution < 1.29 is 4.74 Å². The molecule has 3 rings (SSSR count). The van der Waals surface area contributed by atoms with Crippen LogP contribution in [0.5, 0.6) is 0 Å². The van der Waals surface area contributed by atoms with E-state index in [1.54, 1.807) is 7.11 Å². The van der Waals surface area contributed by atoms with Crippen molar-refractivity contribution in [3.05, 3.63) is 39.1 Å². The minimum Gasteiger partial charge on any atom is -0.383 e. The monoisotopic (exact) mass is 381 g/mol. The molecule has 1 aromatic heterocycles. The van der Waals surface area contributed by atoms with Gasteiger partial charge in [-0.05, 0) is 46.9 Å².